The SMILES string of the molecule is CCc1ccc(Oc2cncc(C(N)=S)n2)cc1. The molecule has 2 rings (SSSR count). The quantitative estimate of drug-likeness (QED) is 0.855. The van der Waals surface area contributed by atoms with E-state index in [0.29, 0.717) is 17.3 Å². The van der Waals surface area contributed by atoms with Gasteiger partial charge in [0.2, 0.25) is 5.88 Å². The molecule has 18 heavy (non-hydrogen) atoms. The van der Waals surface area contributed by atoms with Gasteiger partial charge in [-0.1, -0.05) is 31.3 Å². The molecule has 5 heteroatoms. The lowest BCUT2D eigenvalue weighted by Crippen LogP contribution is -2.12. The summed E-state index contributed by atoms with van der Waals surface area (Å²) in [6.07, 6.45) is 4.03. The smallest absolute Gasteiger partial charge is 0.238 e. The minimum absolute atomic E-state index is 0.203. The van der Waals surface area contributed by atoms with Crippen LogP contribution in [0.25, 0.3) is 0 Å². The van der Waals surface area contributed by atoms with Gasteiger partial charge < -0.3 is 10.5 Å². The van der Waals surface area contributed by atoms with Crippen molar-refractivity contribution >= 4 is 17.2 Å². The second kappa shape index (κ2) is 5.55. The van der Waals surface area contributed by atoms with Crippen LogP contribution in [0.1, 0.15) is 18.2 Å². The molecule has 0 amide bonds. The Bertz CT molecular complexity index is 554. The first-order valence-corrected chi connectivity index (χ1v) is 5.98. The molecule has 92 valence electrons. The number of aromatic nitrogens is 2. The Morgan fingerprint density at radius 2 is 2.00 bits per heavy atom. The summed E-state index contributed by atoms with van der Waals surface area (Å²) in [6.45, 7) is 2.10. The molecule has 1 aromatic carbocycles. The lowest BCUT2D eigenvalue weighted by Gasteiger charge is -2.06. The van der Waals surface area contributed by atoms with Crippen LogP contribution in [-0.2, 0) is 6.42 Å². The predicted octanol–water partition coefficient (Wildman–Crippen LogP) is 2.47. The Labute approximate surface area is 111 Å². The number of hydrogen-bond donors (Lipinski definition) is 1. The molecule has 0 bridgehead atoms. The van der Waals surface area contributed by atoms with Crippen molar-refractivity contribution in [1.29, 1.82) is 0 Å². The second-order valence-electron chi connectivity index (χ2n) is 3.71. The fraction of sp³-hybridized carbons (Fsp3) is 0.154. The van der Waals surface area contributed by atoms with Crippen LogP contribution in [0.15, 0.2) is 36.7 Å². The van der Waals surface area contributed by atoms with Gasteiger partial charge in [-0.2, -0.15) is 0 Å². The molecule has 0 unspecified atom stereocenters. The molecule has 0 aliphatic heterocycles. The zero-order valence-electron chi connectivity index (χ0n) is 9.96. The number of rotatable bonds is 4. The summed E-state index contributed by atoms with van der Waals surface area (Å²) >= 11 is 4.84. The summed E-state index contributed by atoms with van der Waals surface area (Å²) in [6, 6.07) is 7.82. The van der Waals surface area contributed by atoms with Crippen molar-refractivity contribution in [3.8, 4) is 11.6 Å². The van der Waals surface area contributed by atoms with Crippen LogP contribution in [0.3, 0.4) is 0 Å². The van der Waals surface area contributed by atoms with E-state index in [4.69, 9.17) is 22.7 Å². The summed E-state index contributed by atoms with van der Waals surface area (Å²) in [5.41, 5.74) is 7.19. The van der Waals surface area contributed by atoms with E-state index in [-0.39, 0.29) is 4.99 Å². The molecule has 4 nitrogen and oxygen atoms in total. The van der Waals surface area contributed by atoms with E-state index < -0.39 is 0 Å². The third kappa shape index (κ3) is 3.01. The third-order valence-electron chi connectivity index (χ3n) is 2.42. The predicted molar refractivity (Wildman–Crippen MR) is 73.8 cm³/mol. The first-order chi connectivity index (χ1) is 8.69. The molecule has 2 N–H and O–H groups in total. The number of ether oxygens (including phenoxy) is 1. The van der Waals surface area contributed by atoms with E-state index in [1.165, 1.54) is 18.0 Å². The van der Waals surface area contributed by atoms with E-state index in [1.54, 1.807) is 0 Å². The van der Waals surface area contributed by atoms with Crippen LogP contribution in [0.5, 0.6) is 11.6 Å². The molecular weight excluding hydrogens is 246 g/mol. The van der Waals surface area contributed by atoms with Gasteiger partial charge in [-0.05, 0) is 24.1 Å². The van der Waals surface area contributed by atoms with Gasteiger partial charge in [0.1, 0.15) is 16.4 Å². The zero-order chi connectivity index (χ0) is 13.0. The lowest BCUT2D eigenvalue weighted by atomic mass is 10.2. The molecule has 0 spiro atoms. The monoisotopic (exact) mass is 259 g/mol. The number of nitrogens with two attached hydrogens (primary N) is 1. The molecular formula is C13H13N3OS. The molecule has 0 fully saturated rings. The summed E-state index contributed by atoms with van der Waals surface area (Å²) in [7, 11) is 0. The van der Waals surface area contributed by atoms with Crippen LogP contribution in [0.4, 0.5) is 0 Å². The zero-order valence-corrected chi connectivity index (χ0v) is 10.8. The Hall–Kier alpha value is -2.01. The van der Waals surface area contributed by atoms with Gasteiger partial charge in [-0.25, -0.2) is 4.98 Å². The van der Waals surface area contributed by atoms with Gasteiger partial charge in [0.25, 0.3) is 0 Å². The molecule has 0 saturated heterocycles. The van der Waals surface area contributed by atoms with Crippen molar-refractivity contribution < 1.29 is 4.74 Å². The van der Waals surface area contributed by atoms with Crippen LogP contribution in [0.2, 0.25) is 0 Å². The Morgan fingerprint density at radius 3 is 2.61 bits per heavy atom. The maximum Gasteiger partial charge on any atom is 0.238 e. The summed E-state index contributed by atoms with van der Waals surface area (Å²) in [5.74, 6) is 1.09. The number of thiocarbonyl (C=S) groups is 1. The minimum atomic E-state index is 0.203. The Balaban J connectivity index is 2.17. The largest absolute Gasteiger partial charge is 0.437 e. The molecule has 0 saturated carbocycles. The van der Waals surface area contributed by atoms with Crippen LogP contribution in [0, 0.1) is 0 Å². The average Bonchev–Trinajstić information content (AvgIpc) is 2.40. The van der Waals surface area contributed by atoms with Gasteiger partial charge in [0.15, 0.2) is 0 Å². The standard InChI is InChI=1S/C13H13N3OS/c1-2-9-3-5-10(6-4-9)17-12-8-15-7-11(16-12)13(14)18/h3-8H,2H2,1H3,(H2,14,18). The highest BCUT2D eigenvalue weighted by Crippen LogP contribution is 2.19. The highest BCUT2D eigenvalue weighted by Gasteiger charge is 2.03. The van der Waals surface area contributed by atoms with E-state index in [9.17, 15) is 0 Å². The minimum Gasteiger partial charge on any atom is -0.437 e. The maximum atomic E-state index is 5.58. The van der Waals surface area contributed by atoms with E-state index in [1.807, 2.05) is 24.3 Å². The second-order valence-corrected chi connectivity index (χ2v) is 4.15. The van der Waals surface area contributed by atoms with Gasteiger partial charge in [-0.3, -0.25) is 4.98 Å². The molecule has 0 atom stereocenters. The lowest BCUT2D eigenvalue weighted by molar-refractivity contribution is 0.459. The average molecular weight is 259 g/mol. The Morgan fingerprint density at radius 1 is 1.28 bits per heavy atom. The van der Waals surface area contributed by atoms with Crippen LogP contribution in [-0.4, -0.2) is 15.0 Å². The highest BCUT2D eigenvalue weighted by molar-refractivity contribution is 7.80. The molecule has 0 radical (unpaired) electrons. The normalized spacial score (nSPS) is 10.1. The fourth-order valence-electron chi connectivity index (χ4n) is 1.43. The van der Waals surface area contributed by atoms with Gasteiger partial charge >= 0.3 is 0 Å². The van der Waals surface area contributed by atoms with Gasteiger partial charge in [0, 0.05) is 0 Å². The van der Waals surface area contributed by atoms with Crippen molar-refractivity contribution in [1.82, 2.24) is 9.97 Å². The van der Waals surface area contributed by atoms with Crippen LogP contribution >= 0.6 is 12.2 Å². The van der Waals surface area contributed by atoms with Crippen molar-refractivity contribution in [3.05, 3.63) is 47.9 Å². The summed E-state index contributed by atoms with van der Waals surface area (Å²) in [4.78, 5) is 8.34. The first kappa shape index (κ1) is 12.4. The molecule has 1 aromatic heterocycles. The van der Waals surface area contributed by atoms with Crippen molar-refractivity contribution in [2.24, 2.45) is 5.73 Å². The maximum absolute atomic E-state index is 5.58. The number of nitrogens with zero attached hydrogens (tertiary/aromatic N) is 2. The topological polar surface area (TPSA) is 61.0 Å². The molecule has 1 heterocycles. The molecule has 2 aromatic rings. The number of aryl methyl sites for hydroxylation is 1. The van der Waals surface area contributed by atoms with Crippen molar-refractivity contribution in [2.75, 3.05) is 0 Å². The van der Waals surface area contributed by atoms with Crippen molar-refractivity contribution in [3.63, 3.8) is 0 Å². The molecule has 0 aliphatic carbocycles. The Kier molecular flexibility index (Phi) is 3.84. The number of benzene rings is 1. The fourth-order valence-corrected chi connectivity index (χ4v) is 1.53. The van der Waals surface area contributed by atoms with E-state index >= 15 is 0 Å². The highest BCUT2D eigenvalue weighted by atomic mass is 32.1. The summed E-state index contributed by atoms with van der Waals surface area (Å²) in [5, 5.41) is 0. The first-order valence-electron chi connectivity index (χ1n) is 5.57. The third-order valence-corrected chi connectivity index (χ3v) is 2.63. The number of hydrogen-bond acceptors (Lipinski definition) is 4. The van der Waals surface area contributed by atoms with E-state index in [0.717, 1.165) is 6.42 Å². The van der Waals surface area contributed by atoms with E-state index in [2.05, 4.69) is 16.9 Å². The van der Waals surface area contributed by atoms with Crippen LogP contribution < -0.4 is 10.5 Å². The summed E-state index contributed by atoms with van der Waals surface area (Å²) < 4.78 is 5.58. The van der Waals surface area contributed by atoms with Gasteiger partial charge in [0.05, 0.1) is 12.4 Å². The van der Waals surface area contributed by atoms with Gasteiger partial charge in [-0.15, -0.1) is 0 Å². The van der Waals surface area contributed by atoms with Crippen molar-refractivity contribution in [2.45, 2.75) is 13.3 Å². The molecule has 0 aliphatic rings.